The predicted molar refractivity (Wildman–Crippen MR) is 74.6 cm³/mol. The van der Waals surface area contributed by atoms with Crippen molar-refractivity contribution in [2.24, 2.45) is 5.92 Å². The van der Waals surface area contributed by atoms with E-state index in [9.17, 15) is 4.79 Å². The molecule has 5 heteroatoms. The SMILES string of the molecule is CC(CO)C(C)NC(=O)c1ccc(Br)cc1S. The Kier molecular flexibility index (Phi) is 5.49. The van der Waals surface area contributed by atoms with Gasteiger partial charge in [0.1, 0.15) is 0 Å². The van der Waals surface area contributed by atoms with Crippen LogP contribution in [0.4, 0.5) is 0 Å². The quantitative estimate of drug-likeness (QED) is 0.747. The number of halogens is 1. The van der Waals surface area contributed by atoms with Crippen molar-refractivity contribution < 1.29 is 9.90 Å². The third-order valence-corrected chi connectivity index (χ3v) is 3.57. The maximum atomic E-state index is 12.0. The van der Waals surface area contributed by atoms with Crippen molar-refractivity contribution in [1.29, 1.82) is 0 Å². The van der Waals surface area contributed by atoms with Crippen LogP contribution in [-0.2, 0) is 0 Å². The summed E-state index contributed by atoms with van der Waals surface area (Å²) in [7, 11) is 0. The molecule has 2 unspecified atom stereocenters. The van der Waals surface area contributed by atoms with Crippen molar-refractivity contribution in [3.63, 3.8) is 0 Å². The Morgan fingerprint density at radius 1 is 1.53 bits per heavy atom. The number of carbonyl (C=O) groups excluding carboxylic acids is 1. The first-order chi connectivity index (χ1) is 7.95. The molecule has 3 nitrogen and oxygen atoms in total. The Labute approximate surface area is 115 Å². The van der Waals surface area contributed by atoms with Crippen molar-refractivity contribution in [2.75, 3.05) is 6.61 Å². The van der Waals surface area contributed by atoms with Crippen LogP contribution >= 0.6 is 28.6 Å². The average molecular weight is 318 g/mol. The lowest BCUT2D eigenvalue weighted by Gasteiger charge is -2.19. The monoisotopic (exact) mass is 317 g/mol. The zero-order chi connectivity index (χ0) is 13.0. The third-order valence-electron chi connectivity index (χ3n) is 2.70. The molecule has 0 spiro atoms. The molecule has 17 heavy (non-hydrogen) atoms. The fourth-order valence-corrected chi connectivity index (χ4v) is 2.13. The molecule has 0 radical (unpaired) electrons. The van der Waals surface area contributed by atoms with Crippen LogP contribution in [-0.4, -0.2) is 23.7 Å². The smallest absolute Gasteiger partial charge is 0.252 e. The molecule has 1 aromatic rings. The second-order valence-electron chi connectivity index (χ2n) is 4.08. The summed E-state index contributed by atoms with van der Waals surface area (Å²) in [4.78, 5) is 12.6. The highest BCUT2D eigenvalue weighted by molar-refractivity contribution is 9.10. The van der Waals surface area contributed by atoms with Gasteiger partial charge in [0.05, 0.1) is 5.56 Å². The number of nitrogens with one attached hydrogen (secondary N) is 1. The van der Waals surface area contributed by atoms with Crippen LogP contribution in [0.2, 0.25) is 0 Å². The number of rotatable bonds is 4. The van der Waals surface area contributed by atoms with Crippen LogP contribution in [0.25, 0.3) is 0 Å². The molecule has 0 aromatic heterocycles. The lowest BCUT2D eigenvalue weighted by Crippen LogP contribution is -2.38. The average Bonchev–Trinajstić information content (AvgIpc) is 2.27. The van der Waals surface area contributed by atoms with Crippen molar-refractivity contribution in [2.45, 2.75) is 24.8 Å². The van der Waals surface area contributed by atoms with E-state index in [1.54, 1.807) is 18.2 Å². The largest absolute Gasteiger partial charge is 0.396 e. The van der Waals surface area contributed by atoms with E-state index in [2.05, 4.69) is 33.9 Å². The molecule has 1 aromatic carbocycles. The number of hydrogen-bond acceptors (Lipinski definition) is 3. The van der Waals surface area contributed by atoms with Gasteiger partial charge in [-0.3, -0.25) is 4.79 Å². The van der Waals surface area contributed by atoms with Gasteiger partial charge in [0.25, 0.3) is 5.91 Å². The Hall–Kier alpha value is -0.520. The first-order valence-electron chi connectivity index (χ1n) is 5.36. The second-order valence-corrected chi connectivity index (χ2v) is 5.48. The summed E-state index contributed by atoms with van der Waals surface area (Å²) in [5, 5.41) is 11.9. The Morgan fingerprint density at radius 2 is 2.18 bits per heavy atom. The van der Waals surface area contributed by atoms with E-state index >= 15 is 0 Å². The third kappa shape index (κ3) is 4.01. The molecular formula is C12H16BrNO2S. The van der Waals surface area contributed by atoms with Crippen LogP contribution in [0.5, 0.6) is 0 Å². The first kappa shape index (κ1) is 14.5. The molecule has 0 heterocycles. The number of aliphatic hydroxyl groups is 1. The summed E-state index contributed by atoms with van der Waals surface area (Å²) in [5.74, 6) is -0.145. The lowest BCUT2D eigenvalue weighted by molar-refractivity contribution is 0.0913. The summed E-state index contributed by atoms with van der Waals surface area (Å²) in [6.45, 7) is 3.81. The zero-order valence-electron chi connectivity index (χ0n) is 9.77. The summed E-state index contributed by atoms with van der Waals surface area (Å²) in [6, 6.07) is 5.22. The number of hydrogen-bond donors (Lipinski definition) is 3. The molecule has 0 saturated carbocycles. The molecule has 0 aliphatic heterocycles. The van der Waals surface area contributed by atoms with Gasteiger partial charge < -0.3 is 10.4 Å². The Balaban J connectivity index is 2.76. The summed E-state index contributed by atoms with van der Waals surface area (Å²) in [5.41, 5.74) is 0.536. The highest BCUT2D eigenvalue weighted by Crippen LogP contribution is 2.20. The van der Waals surface area contributed by atoms with Gasteiger partial charge in [0, 0.05) is 22.0 Å². The van der Waals surface area contributed by atoms with Crippen molar-refractivity contribution in [3.8, 4) is 0 Å². The fourth-order valence-electron chi connectivity index (χ4n) is 1.28. The molecule has 2 N–H and O–H groups in total. The fraction of sp³-hybridized carbons (Fsp3) is 0.417. The second kappa shape index (κ2) is 6.42. The van der Waals surface area contributed by atoms with Gasteiger partial charge in [-0.25, -0.2) is 0 Å². The van der Waals surface area contributed by atoms with E-state index in [1.165, 1.54) is 0 Å². The highest BCUT2D eigenvalue weighted by atomic mass is 79.9. The number of benzene rings is 1. The number of thiol groups is 1. The first-order valence-corrected chi connectivity index (χ1v) is 6.60. The van der Waals surface area contributed by atoms with E-state index in [1.807, 2.05) is 13.8 Å². The van der Waals surface area contributed by atoms with Crippen molar-refractivity contribution in [1.82, 2.24) is 5.32 Å². The molecule has 0 aliphatic carbocycles. The Morgan fingerprint density at radius 3 is 2.71 bits per heavy atom. The van der Waals surface area contributed by atoms with Gasteiger partial charge >= 0.3 is 0 Å². The summed E-state index contributed by atoms with van der Waals surface area (Å²) >= 11 is 7.58. The molecule has 0 saturated heterocycles. The molecule has 1 rings (SSSR count). The number of carbonyl (C=O) groups is 1. The molecule has 2 atom stereocenters. The molecule has 0 bridgehead atoms. The van der Waals surface area contributed by atoms with Crippen LogP contribution in [0, 0.1) is 5.92 Å². The maximum absolute atomic E-state index is 12.0. The summed E-state index contributed by atoms with van der Waals surface area (Å²) in [6.07, 6.45) is 0. The van der Waals surface area contributed by atoms with Gasteiger partial charge in [-0.05, 0) is 31.0 Å². The minimum atomic E-state index is -0.171. The number of amides is 1. The van der Waals surface area contributed by atoms with Gasteiger partial charge in [-0.15, -0.1) is 12.6 Å². The van der Waals surface area contributed by atoms with Crippen molar-refractivity contribution in [3.05, 3.63) is 28.2 Å². The zero-order valence-corrected chi connectivity index (χ0v) is 12.3. The topological polar surface area (TPSA) is 49.3 Å². The molecular weight excluding hydrogens is 302 g/mol. The van der Waals surface area contributed by atoms with E-state index in [-0.39, 0.29) is 24.5 Å². The van der Waals surface area contributed by atoms with Crippen LogP contribution in [0.15, 0.2) is 27.6 Å². The standard InChI is InChI=1S/C12H16BrNO2S/c1-7(6-15)8(2)14-12(16)10-4-3-9(13)5-11(10)17/h3-5,7-8,15,17H,6H2,1-2H3,(H,14,16). The van der Waals surface area contributed by atoms with E-state index in [0.717, 1.165) is 4.47 Å². The van der Waals surface area contributed by atoms with E-state index in [0.29, 0.717) is 10.5 Å². The molecule has 0 aliphatic rings. The molecule has 1 amide bonds. The van der Waals surface area contributed by atoms with Crippen molar-refractivity contribution >= 4 is 34.5 Å². The van der Waals surface area contributed by atoms with Gasteiger partial charge in [-0.2, -0.15) is 0 Å². The van der Waals surface area contributed by atoms with Crippen LogP contribution in [0.1, 0.15) is 24.2 Å². The highest BCUT2D eigenvalue weighted by Gasteiger charge is 2.16. The maximum Gasteiger partial charge on any atom is 0.252 e. The number of aliphatic hydroxyl groups excluding tert-OH is 1. The molecule has 0 fully saturated rings. The van der Waals surface area contributed by atoms with Crippen LogP contribution < -0.4 is 5.32 Å². The summed E-state index contributed by atoms with van der Waals surface area (Å²) < 4.78 is 0.885. The van der Waals surface area contributed by atoms with E-state index < -0.39 is 0 Å². The van der Waals surface area contributed by atoms with Gasteiger partial charge in [-0.1, -0.05) is 22.9 Å². The minimum absolute atomic E-state index is 0.0257. The van der Waals surface area contributed by atoms with E-state index in [4.69, 9.17) is 5.11 Å². The van der Waals surface area contributed by atoms with Crippen LogP contribution in [0.3, 0.4) is 0 Å². The normalized spacial score (nSPS) is 14.2. The van der Waals surface area contributed by atoms with Gasteiger partial charge in [0.15, 0.2) is 0 Å². The van der Waals surface area contributed by atoms with Gasteiger partial charge in [0.2, 0.25) is 0 Å². The Bertz CT molecular complexity index is 411. The predicted octanol–water partition coefficient (Wildman–Crippen LogP) is 2.48. The lowest BCUT2D eigenvalue weighted by atomic mass is 10.0. The molecule has 94 valence electrons. The minimum Gasteiger partial charge on any atom is -0.396 e.